The van der Waals surface area contributed by atoms with Gasteiger partial charge in [0.05, 0.1) is 12.5 Å². The SMILES string of the molecule is COC(CNC(=O)NC1(C)CCOCC1)CC(=O)O. The Kier molecular flexibility index (Phi) is 6.04. The van der Waals surface area contributed by atoms with Crippen molar-refractivity contribution in [2.75, 3.05) is 26.9 Å². The van der Waals surface area contributed by atoms with Crippen LogP contribution in [-0.2, 0) is 14.3 Å². The summed E-state index contributed by atoms with van der Waals surface area (Å²) in [5, 5.41) is 14.2. The van der Waals surface area contributed by atoms with E-state index in [2.05, 4.69) is 10.6 Å². The van der Waals surface area contributed by atoms with E-state index >= 15 is 0 Å². The molecule has 0 aromatic rings. The minimum absolute atomic E-state index is 0.137. The Hall–Kier alpha value is -1.34. The summed E-state index contributed by atoms with van der Waals surface area (Å²) < 4.78 is 10.2. The molecular weight excluding hydrogens is 252 g/mol. The average Bonchev–Trinajstić information content (AvgIpc) is 2.34. The van der Waals surface area contributed by atoms with Gasteiger partial charge >= 0.3 is 12.0 Å². The second-order valence-electron chi connectivity index (χ2n) is 4.96. The highest BCUT2D eigenvalue weighted by molar-refractivity contribution is 5.75. The second kappa shape index (κ2) is 7.30. The maximum absolute atomic E-state index is 11.8. The second-order valence-corrected chi connectivity index (χ2v) is 4.96. The number of nitrogens with one attached hydrogen (secondary N) is 2. The number of rotatable bonds is 6. The lowest BCUT2D eigenvalue weighted by molar-refractivity contribution is -0.139. The zero-order chi connectivity index (χ0) is 14.3. The quantitative estimate of drug-likeness (QED) is 0.649. The molecule has 1 unspecified atom stereocenters. The molecular formula is C12H22N2O5. The summed E-state index contributed by atoms with van der Waals surface area (Å²) in [7, 11) is 1.42. The number of carboxylic acids is 1. The monoisotopic (exact) mass is 274 g/mol. The van der Waals surface area contributed by atoms with Crippen LogP contribution in [0.25, 0.3) is 0 Å². The van der Waals surface area contributed by atoms with Crippen LogP contribution in [0.5, 0.6) is 0 Å². The van der Waals surface area contributed by atoms with E-state index in [0.717, 1.165) is 12.8 Å². The summed E-state index contributed by atoms with van der Waals surface area (Å²) in [6, 6.07) is -0.308. The average molecular weight is 274 g/mol. The lowest BCUT2D eigenvalue weighted by atomic mass is 9.93. The van der Waals surface area contributed by atoms with Crippen LogP contribution in [0.15, 0.2) is 0 Å². The largest absolute Gasteiger partial charge is 0.481 e. The highest BCUT2D eigenvalue weighted by atomic mass is 16.5. The van der Waals surface area contributed by atoms with Crippen molar-refractivity contribution >= 4 is 12.0 Å². The number of amides is 2. The van der Waals surface area contributed by atoms with E-state index in [1.54, 1.807) is 0 Å². The zero-order valence-electron chi connectivity index (χ0n) is 11.4. The topological polar surface area (TPSA) is 96.9 Å². The molecule has 1 fully saturated rings. The first-order valence-electron chi connectivity index (χ1n) is 6.33. The Labute approximate surface area is 112 Å². The predicted octanol–water partition coefficient (Wildman–Crippen LogP) is 0.344. The van der Waals surface area contributed by atoms with Crippen LogP contribution in [-0.4, -0.2) is 55.6 Å². The van der Waals surface area contributed by atoms with Crippen molar-refractivity contribution in [2.24, 2.45) is 0 Å². The van der Waals surface area contributed by atoms with Crippen molar-refractivity contribution in [3.05, 3.63) is 0 Å². The molecule has 0 spiro atoms. The summed E-state index contributed by atoms with van der Waals surface area (Å²) in [5.74, 6) is -0.953. The van der Waals surface area contributed by atoms with Gasteiger partial charge in [-0.1, -0.05) is 0 Å². The number of hydrogen-bond donors (Lipinski definition) is 3. The summed E-state index contributed by atoms with van der Waals surface area (Å²) in [6.07, 6.45) is 0.875. The highest BCUT2D eigenvalue weighted by Crippen LogP contribution is 2.19. The van der Waals surface area contributed by atoms with E-state index in [9.17, 15) is 9.59 Å². The van der Waals surface area contributed by atoms with Crippen molar-refractivity contribution in [1.82, 2.24) is 10.6 Å². The number of hydrogen-bond acceptors (Lipinski definition) is 4. The van der Waals surface area contributed by atoms with Gasteiger partial charge in [0.1, 0.15) is 0 Å². The van der Waals surface area contributed by atoms with Crippen molar-refractivity contribution in [3.8, 4) is 0 Å². The van der Waals surface area contributed by atoms with Crippen LogP contribution in [0.1, 0.15) is 26.2 Å². The molecule has 1 atom stereocenters. The van der Waals surface area contributed by atoms with Crippen LogP contribution < -0.4 is 10.6 Å². The molecule has 0 aromatic heterocycles. The molecule has 0 radical (unpaired) electrons. The van der Waals surface area contributed by atoms with Gasteiger partial charge in [-0.3, -0.25) is 4.79 Å². The lowest BCUT2D eigenvalue weighted by Crippen LogP contribution is -2.53. The molecule has 1 aliphatic rings. The van der Waals surface area contributed by atoms with Gasteiger partial charge in [0, 0.05) is 32.4 Å². The minimum atomic E-state index is -0.953. The first-order chi connectivity index (χ1) is 8.95. The number of methoxy groups -OCH3 is 1. The first kappa shape index (κ1) is 15.7. The molecule has 1 heterocycles. The molecule has 0 bridgehead atoms. The summed E-state index contributed by atoms with van der Waals surface area (Å²) in [6.45, 7) is 3.41. The van der Waals surface area contributed by atoms with Crippen LogP contribution in [0, 0.1) is 0 Å². The number of ether oxygens (including phenoxy) is 2. The molecule has 3 N–H and O–H groups in total. The molecule has 7 heteroatoms. The van der Waals surface area contributed by atoms with Gasteiger partial charge in [0.2, 0.25) is 0 Å². The van der Waals surface area contributed by atoms with Crippen LogP contribution in [0.4, 0.5) is 4.79 Å². The van der Waals surface area contributed by atoms with E-state index in [0.29, 0.717) is 13.2 Å². The molecule has 0 aromatic carbocycles. The Morgan fingerprint density at radius 3 is 2.58 bits per heavy atom. The molecule has 0 saturated carbocycles. The van der Waals surface area contributed by atoms with Crippen molar-refractivity contribution in [2.45, 2.75) is 37.8 Å². The fraction of sp³-hybridized carbons (Fsp3) is 0.833. The predicted molar refractivity (Wildman–Crippen MR) is 68.0 cm³/mol. The van der Waals surface area contributed by atoms with Gasteiger partial charge in [-0.2, -0.15) is 0 Å². The third kappa shape index (κ3) is 5.89. The van der Waals surface area contributed by atoms with Gasteiger partial charge in [-0.15, -0.1) is 0 Å². The standard InChI is InChI=1S/C12H22N2O5/c1-12(3-5-19-6-4-12)14-11(17)13-8-9(18-2)7-10(15)16/h9H,3-8H2,1-2H3,(H,15,16)(H2,13,14,17). The van der Waals surface area contributed by atoms with Crippen molar-refractivity contribution in [3.63, 3.8) is 0 Å². The van der Waals surface area contributed by atoms with Gasteiger partial charge in [-0.25, -0.2) is 4.79 Å². The van der Waals surface area contributed by atoms with E-state index in [-0.39, 0.29) is 24.5 Å². The maximum Gasteiger partial charge on any atom is 0.315 e. The molecule has 1 saturated heterocycles. The van der Waals surface area contributed by atoms with E-state index in [1.165, 1.54) is 7.11 Å². The molecule has 2 amide bonds. The zero-order valence-corrected chi connectivity index (χ0v) is 11.4. The molecule has 1 rings (SSSR count). The van der Waals surface area contributed by atoms with Crippen LogP contribution in [0.2, 0.25) is 0 Å². The minimum Gasteiger partial charge on any atom is -0.481 e. The van der Waals surface area contributed by atoms with Crippen LogP contribution >= 0.6 is 0 Å². The number of carbonyl (C=O) groups is 2. The summed E-state index contributed by atoms with van der Waals surface area (Å²) in [5.41, 5.74) is -0.266. The number of aliphatic carboxylic acids is 1. The Morgan fingerprint density at radius 2 is 2.05 bits per heavy atom. The van der Waals surface area contributed by atoms with Gasteiger partial charge in [-0.05, 0) is 19.8 Å². The molecule has 7 nitrogen and oxygen atoms in total. The first-order valence-corrected chi connectivity index (χ1v) is 6.33. The third-order valence-electron chi connectivity index (χ3n) is 3.24. The van der Waals surface area contributed by atoms with Gasteiger partial charge < -0.3 is 25.2 Å². The molecule has 110 valence electrons. The van der Waals surface area contributed by atoms with E-state index in [4.69, 9.17) is 14.6 Å². The Balaban J connectivity index is 2.31. The summed E-state index contributed by atoms with van der Waals surface area (Å²) in [4.78, 5) is 22.3. The number of carboxylic acid groups (broad SMARTS) is 1. The molecule has 1 aliphatic heterocycles. The maximum atomic E-state index is 11.8. The lowest BCUT2D eigenvalue weighted by Gasteiger charge is -2.34. The third-order valence-corrected chi connectivity index (χ3v) is 3.24. The summed E-state index contributed by atoms with van der Waals surface area (Å²) >= 11 is 0. The molecule has 0 aliphatic carbocycles. The van der Waals surface area contributed by atoms with E-state index in [1.807, 2.05) is 6.92 Å². The van der Waals surface area contributed by atoms with Crippen LogP contribution in [0.3, 0.4) is 0 Å². The smallest absolute Gasteiger partial charge is 0.315 e. The normalized spacial score (nSPS) is 19.5. The van der Waals surface area contributed by atoms with E-state index < -0.39 is 12.1 Å². The van der Waals surface area contributed by atoms with Crippen molar-refractivity contribution < 1.29 is 24.2 Å². The van der Waals surface area contributed by atoms with Crippen molar-refractivity contribution in [1.29, 1.82) is 0 Å². The highest BCUT2D eigenvalue weighted by Gasteiger charge is 2.29. The number of urea groups is 1. The Morgan fingerprint density at radius 1 is 1.42 bits per heavy atom. The van der Waals surface area contributed by atoms with Gasteiger partial charge in [0.25, 0.3) is 0 Å². The Bertz CT molecular complexity index is 315. The fourth-order valence-corrected chi connectivity index (χ4v) is 1.91. The molecule has 19 heavy (non-hydrogen) atoms. The fourth-order valence-electron chi connectivity index (χ4n) is 1.91. The number of carbonyl (C=O) groups excluding carboxylic acids is 1. The van der Waals surface area contributed by atoms with Gasteiger partial charge in [0.15, 0.2) is 0 Å².